The highest BCUT2D eigenvalue weighted by molar-refractivity contribution is 6.39. The summed E-state index contributed by atoms with van der Waals surface area (Å²) in [6, 6.07) is 23.0. The molecule has 1 N–H and O–H groups in total. The fourth-order valence-electron chi connectivity index (χ4n) is 2.91. The highest BCUT2D eigenvalue weighted by Crippen LogP contribution is 2.36. The number of ether oxygens (including phenoxy) is 1. The van der Waals surface area contributed by atoms with Crippen LogP contribution in [0.4, 0.5) is 0 Å². The first-order valence-electron chi connectivity index (χ1n) is 9.03. The Morgan fingerprint density at radius 1 is 0.862 bits per heavy atom. The second kappa shape index (κ2) is 8.56. The van der Waals surface area contributed by atoms with Crippen LogP contribution >= 0.6 is 23.2 Å². The molecule has 0 radical (unpaired) electrons. The van der Waals surface area contributed by atoms with Crippen molar-refractivity contribution in [2.45, 2.75) is 6.61 Å². The first-order chi connectivity index (χ1) is 14.1. The number of phenols is 1. The molecule has 0 amide bonds. The summed E-state index contributed by atoms with van der Waals surface area (Å²) in [5.41, 5.74) is 3.21. The van der Waals surface area contributed by atoms with Crippen molar-refractivity contribution in [3.63, 3.8) is 0 Å². The van der Waals surface area contributed by atoms with Crippen LogP contribution in [0.3, 0.4) is 0 Å². The van der Waals surface area contributed by atoms with Gasteiger partial charge in [0.25, 0.3) is 0 Å². The van der Waals surface area contributed by atoms with Crippen LogP contribution in [0.1, 0.15) is 16.8 Å². The van der Waals surface area contributed by atoms with Crippen molar-refractivity contribution in [2.75, 3.05) is 0 Å². The van der Waals surface area contributed by atoms with Crippen LogP contribution in [0.15, 0.2) is 72.8 Å². The van der Waals surface area contributed by atoms with Crippen molar-refractivity contribution in [1.29, 1.82) is 0 Å². The lowest BCUT2D eigenvalue weighted by atomic mass is 10.1. The zero-order valence-corrected chi connectivity index (χ0v) is 16.9. The molecule has 0 aliphatic rings. The standard InChI is InChI=1S/C24H17Cl2NO2/c25-21-14-22(26)24(28)23-20(21)13-10-18(27-23)9-6-16-7-11-19(12-8-16)29-15-17-4-2-1-3-5-17/h1-14,28H,15H2. The number of aromatic hydroxyl groups is 1. The lowest BCUT2D eigenvalue weighted by Crippen LogP contribution is -1.94. The fraction of sp³-hybridized carbons (Fsp3) is 0.0417. The van der Waals surface area contributed by atoms with Gasteiger partial charge in [-0.1, -0.05) is 71.7 Å². The molecule has 0 unspecified atom stereocenters. The summed E-state index contributed by atoms with van der Waals surface area (Å²) in [5, 5.41) is 11.5. The molecule has 1 aromatic heterocycles. The van der Waals surface area contributed by atoms with Crippen molar-refractivity contribution in [3.8, 4) is 11.5 Å². The number of nitrogens with zero attached hydrogens (tertiary/aromatic N) is 1. The van der Waals surface area contributed by atoms with E-state index in [1.54, 1.807) is 0 Å². The highest BCUT2D eigenvalue weighted by Gasteiger charge is 2.10. The first kappa shape index (κ1) is 19.3. The number of hydrogen-bond donors (Lipinski definition) is 1. The van der Waals surface area contributed by atoms with E-state index in [-0.39, 0.29) is 10.8 Å². The van der Waals surface area contributed by atoms with Crippen molar-refractivity contribution in [3.05, 3.63) is 99.7 Å². The number of halogens is 2. The molecule has 4 aromatic rings. The summed E-state index contributed by atoms with van der Waals surface area (Å²) in [7, 11) is 0. The molecule has 0 bridgehead atoms. The number of aromatic nitrogens is 1. The highest BCUT2D eigenvalue weighted by atomic mass is 35.5. The molecular weight excluding hydrogens is 405 g/mol. The minimum Gasteiger partial charge on any atom is -0.504 e. The van der Waals surface area contributed by atoms with Gasteiger partial charge in [-0.2, -0.15) is 0 Å². The summed E-state index contributed by atoms with van der Waals surface area (Å²) >= 11 is 12.2. The molecule has 3 aromatic carbocycles. The largest absolute Gasteiger partial charge is 0.504 e. The van der Waals surface area contributed by atoms with E-state index in [0.717, 1.165) is 16.9 Å². The van der Waals surface area contributed by atoms with E-state index in [4.69, 9.17) is 27.9 Å². The van der Waals surface area contributed by atoms with Crippen molar-refractivity contribution in [1.82, 2.24) is 4.98 Å². The molecule has 0 aliphatic carbocycles. The molecule has 0 atom stereocenters. The van der Waals surface area contributed by atoms with Gasteiger partial charge in [-0.05, 0) is 47.5 Å². The topological polar surface area (TPSA) is 42.4 Å². The Balaban J connectivity index is 1.48. The third-order valence-corrected chi connectivity index (χ3v) is 5.05. The van der Waals surface area contributed by atoms with Gasteiger partial charge < -0.3 is 9.84 Å². The minimum absolute atomic E-state index is 0.0683. The summed E-state index contributed by atoms with van der Waals surface area (Å²) in [6.07, 6.45) is 3.81. The number of fused-ring (bicyclic) bond motifs is 1. The Morgan fingerprint density at radius 3 is 2.38 bits per heavy atom. The van der Waals surface area contributed by atoms with Crippen LogP contribution in [-0.2, 0) is 6.61 Å². The van der Waals surface area contributed by atoms with E-state index in [0.29, 0.717) is 28.2 Å². The maximum absolute atomic E-state index is 10.2. The summed E-state index contributed by atoms with van der Waals surface area (Å²) in [5.74, 6) is 0.741. The summed E-state index contributed by atoms with van der Waals surface area (Å²) in [4.78, 5) is 4.46. The van der Waals surface area contributed by atoms with Crippen LogP contribution in [0.5, 0.6) is 11.5 Å². The average Bonchev–Trinajstić information content (AvgIpc) is 2.76. The van der Waals surface area contributed by atoms with Crippen molar-refractivity contribution < 1.29 is 9.84 Å². The van der Waals surface area contributed by atoms with Gasteiger partial charge in [0.2, 0.25) is 0 Å². The van der Waals surface area contributed by atoms with Crippen molar-refractivity contribution >= 4 is 46.3 Å². The van der Waals surface area contributed by atoms with Crippen LogP contribution in [0.25, 0.3) is 23.1 Å². The van der Waals surface area contributed by atoms with Crippen LogP contribution in [0, 0.1) is 0 Å². The first-order valence-corrected chi connectivity index (χ1v) is 9.78. The fourth-order valence-corrected chi connectivity index (χ4v) is 3.42. The molecule has 5 heteroatoms. The Labute approximate surface area is 178 Å². The van der Waals surface area contributed by atoms with Gasteiger partial charge >= 0.3 is 0 Å². The van der Waals surface area contributed by atoms with Gasteiger partial charge in [0.05, 0.1) is 15.7 Å². The van der Waals surface area contributed by atoms with Gasteiger partial charge in [-0.3, -0.25) is 0 Å². The molecule has 0 aliphatic heterocycles. The normalized spacial score (nSPS) is 11.2. The van der Waals surface area contributed by atoms with Gasteiger partial charge in [0, 0.05) is 5.39 Å². The Hall–Kier alpha value is -3.01. The molecule has 144 valence electrons. The number of phenolic OH excluding ortho intramolecular Hbond substituents is 1. The third-order valence-electron chi connectivity index (χ3n) is 4.45. The van der Waals surface area contributed by atoms with E-state index >= 15 is 0 Å². The molecule has 3 nitrogen and oxygen atoms in total. The second-order valence-corrected chi connectivity index (χ2v) is 7.31. The van der Waals surface area contributed by atoms with E-state index in [1.807, 2.05) is 78.9 Å². The predicted octanol–water partition coefficient (Wildman–Crippen LogP) is 7.00. The maximum atomic E-state index is 10.2. The molecule has 1 heterocycles. The van der Waals surface area contributed by atoms with E-state index < -0.39 is 0 Å². The average molecular weight is 422 g/mol. The molecule has 0 spiro atoms. The van der Waals surface area contributed by atoms with E-state index in [1.165, 1.54) is 6.07 Å². The zero-order chi connectivity index (χ0) is 20.2. The SMILES string of the molecule is Oc1c(Cl)cc(Cl)c2ccc(C=Cc3ccc(OCc4ccccc4)cc3)nc12. The quantitative estimate of drug-likeness (QED) is 0.377. The maximum Gasteiger partial charge on any atom is 0.160 e. The predicted molar refractivity (Wildman–Crippen MR) is 120 cm³/mol. The van der Waals surface area contributed by atoms with E-state index in [2.05, 4.69) is 4.98 Å². The third kappa shape index (κ3) is 4.53. The van der Waals surface area contributed by atoms with Gasteiger partial charge in [0.1, 0.15) is 17.9 Å². The molecule has 4 rings (SSSR count). The summed E-state index contributed by atoms with van der Waals surface area (Å²) in [6.45, 7) is 0.533. The number of hydrogen-bond acceptors (Lipinski definition) is 3. The minimum atomic E-state index is -0.0683. The van der Waals surface area contributed by atoms with Gasteiger partial charge in [0.15, 0.2) is 5.75 Å². The van der Waals surface area contributed by atoms with Gasteiger partial charge in [-0.25, -0.2) is 4.98 Å². The van der Waals surface area contributed by atoms with Gasteiger partial charge in [-0.15, -0.1) is 0 Å². The molecule has 0 saturated carbocycles. The molecular formula is C24H17Cl2NO2. The lowest BCUT2D eigenvalue weighted by Gasteiger charge is -2.07. The number of pyridine rings is 1. The molecule has 0 saturated heterocycles. The van der Waals surface area contributed by atoms with Crippen molar-refractivity contribution in [2.24, 2.45) is 0 Å². The Morgan fingerprint density at radius 2 is 1.62 bits per heavy atom. The van der Waals surface area contributed by atoms with Crippen LogP contribution < -0.4 is 4.74 Å². The molecule has 29 heavy (non-hydrogen) atoms. The summed E-state index contributed by atoms with van der Waals surface area (Å²) < 4.78 is 5.80. The monoisotopic (exact) mass is 421 g/mol. The molecule has 0 fully saturated rings. The second-order valence-electron chi connectivity index (χ2n) is 6.50. The smallest absolute Gasteiger partial charge is 0.160 e. The number of rotatable bonds is 5. The Kier molecular flexibility index (Phi) is 5.70. The Bertz CT molecular complexity index is 1170. The van der Waals surface area contributed by atoms with E-state index in [9.17, 15) is 5.11 Å². The van der Waals surface area contributed by atoms with Crippen LogP contribution in [-0.4, -0.2) is 10.1 Å². The zero-order valence-electron chi connectivity index (χ0n) is 15.3. The van der Waals surface area contributed by atoms with Crippen LogP contribution in [0.2, 0.25) is 10.0 Å². The lowest BCUT2D eigenvalue weighted by molar-refractivity contribution is 0.306. The number of benzene rings is 3.